The Bertz CT molecular complexity index is 595. The van der Waals surface area contributed by atoms with Gasteiger partial charge in [-0.15, -0.1) is 5.11 Å². The summed E-state index contributed by atoms with van der Waals surface area (Å²) in [5.41, 5.74) is -0.689. The molecule has 0 saturated heterocycles. The standard InChI is InChI=1S/C13H8ClF3N2/c14-9-6-7-12(11(8-9)13(15,16)17)19-18-10-4-2-1-3-5-10/h1-8H/b19-18+. The van der Waals surface area contributed by atoms with Gasteiger partial charge in [0.2, 0.25) is 0 Å². The molecule has 0 fully saturated rings. The highest BCUT2D eigenvalue weighted by atomic mass is 35.5. The van der Waals surface area contributed by atoms with Gasteiger partial charge in [0.05, 0.1) is 16.9 Å². The number of hydrogen-bond acceptors (Lipinski definition) is 2. The van der Waals surface area contributed by atoms with Gasteiger partial charge in [-0.05, 0) is 30.3 Å². The zero-order valence-electron chi connectivity index (χ0n) is 9.53. The monoisotopic (exact) mass is 284 g/mol. The van der Waals surface area contributed by atoms with Crippen LogP contribution in [0.15, 0.2) is 58.8 Å². The second-order valence-electron chi connectivity index (χ2n) is 3.69. The second kappa shape index (κ2) is 5.40. The molecule has 0 aliphatic heterocycles. The SMILES string of the molecule is FC(F)(F)c1cc(Cl)ccc1/N=N/c1ccccc1. The maximum absolute atomic E-state index is 12.8. The van der Waals surface area contributed by atoms with Crippen LogP contribution in [0.5, 0.6) is 0 Å². The number of alkyl halides is 3. The summed E-state index contributed by atoms with van der Waals surface area (Å²) in [4.78, 5) is 0. The third kappa shape index (κ3) is 3.54. The van der Waals surface area contributed by atoms with Crippen LogP contribution in [0.3, 0.4) is 0 Å². The van der Waals surface area contributed by atoms with Crippen molar-refractivity contribution in [3.8, 4) is 0 Å². The smallest absolute Gasteiger partial charge is 0.166 e. The molecule has 0 saturated carbocycles. The third-order valence-corrected chi connectivity index (χ3v) is 2.53. The van der Waals surface area contributed by atoms with Crippen molar-refractivity contribution in [1.82, 2.24) is 0 Å². The fourth-order valence-corrected chi connectivity index (χ4v) is 1.60. The summed E-state index contributed by atoms with van der Waals surface area (Å²) in [6.45, 7) is 0. The van der Waals surface area contributed by atoms with E-state index in [0.717, 1.165) is 6.07 Å². The molecule has 0 N–H and O–H groups in total. The Kier molecular flexibility index (Phi) is 3.85. The van der Waals surface area contributed by atoms with Crippen molar-refractivity contribution in [2.75, 3.05) is 0 Å². The van der Waals surface area contributed by atoms with Crippen molar-refractivity contribution in [3.05, 3.63) is 59.1 Å². The zero-order chi connectivity index (χ0) is 13.9. The molecule has 0 aromatic heterocycles. The lowest BCUT2D eigenvalue weighted by atomic mass is 10.2. The highest BCUT2D eigenvalue weighted by Gasteiger charge is 2.33. The molecular weight excluding hydrogens is 277 g/mol. The molecule has 2 rings (SSSR count). The molecule has 0 bridgehead atoms. The number of nitrogens with zero attached hydrogens (tertiary/aromatic N) is 2. The normalized spacial score (nSPS) is 12.0. The maximum Gasteiger partial charge on any atom is 0.418 e. The lowest BCUT2D eigenvalue weighted by Crippen LogP contribution is -2.04. The highest BCUT2D eigenvalue weighted by molar-refractivity contribution is 6.30. The van der Waals surface area contributed by atoms with Crippen molar-refractivity contribution < 1.29 is 13.2 Å². The van der Waals surface area contributed by atoms with E-state index < -0.39 is 11.7 Å². The summed E-state index contributed by atoms with van der Waals surface area (Å²) in [6.07, 6.45) is -4.52. The van der Waals surface area contributed by atoms with E-state index in [-0.39, 0.29) is 10.7 Å². The zero-order valence-corrected chi connectivity index (χ0v) is 10.3. The largest absolute Gasteiger partial charge is 0.418 e. The molecule has 2 aromatic rings. The minimum absolute atomic E-state index is 0.00554. The van der Waals surface area contributed by atoms with Gasteiger partial charge in [-0.3, -0.25) is 0 Å². The van der Waals surface area contributed by atoms with Crippen LogP contribution in [0.2, 0.25) is 5.02 Å². The van der Waals surface area contributed by atoms with Crippen LogP contribution in [0, 0.1) is 0 Å². The molecular formula is C13H8ClF3N2. The fourth-order valence-electron chi connectivity index (χ4n) is 1.43. The molecule has 0 amide bonds. The fraction of sp³-hybridized carbons (Fsp3) is 0.0769. The van der Waals surface area contributed by atoms with Gasteiger partial charge >= 0.3 is 6.18 Å². The van der Waals surface area contributed by atoms with Gasteiger partial charge in [0.1, 0.15) is 0 Å². The summed E-state index contributed by atoms with van der Waals surface area (Å²) in [6, 6.07) is 11.9. The van der Waals surface area contributed by atoms with E-state index in [1.807, 2.05) is 0 Å². The first-order valence-corrected chi connectivity index (χ1v) is 5.68. The van der Waals surface area contributed by atoms with Gasteiger partial charge in [0, 0.05) is 5.02 Å². The van der Waals surface area contributed by atoms with Gasteiger partial charge in [-0.25, -0.2) is 0 Å². The minimum Gasteiger partial charge on any atom is -0.166 e. The van der Waals surface area contributed by atoms with E-state index in [9.17, 15) is 13.2 Å². The van der Waals surface area contributed by atoms with Gasteiger partial charge < -0.3 is 0 Å². The molecule has 0 heterocycles. The van der Waals surface area contributed by atoms with E-state index in [1.165, 1.54) is 12.1 Å². The van der Waals surface area contributed by atoms with Crippen molar-refractivity contribution >= 4 is 23.0 Å². The number of azo groups is 1. The van der Waals surface area contributed by atoms with Gasteiger partial charge in [0.15, 0.2) is 0 Å². The van der Waals surface area contributed by atoms with E-state index in [2.05, 4.69) is 10.2 Å². The van der Waals surface area contributed by atoms with Crippen molar-refractivity contribution in [2.24, 2.45) is 10.2 Å². The predicted octanol–water partition coefficient (Wildman–Crippen LogP) is 5.77. The lowest BCUT2D eigenvalue weighted by molar-refractivity contribution is -0.137. The van der Waals surface area contributed by atoms with Crippen LogP contribution in [0.25, 0.3) is 0 Å². The maximum atomic E-state index is 12.8. The second-order valence-corrected chi connectivity index (χ2v) is 4.13. The molecule has 98 valence electrons. The molecule has 6 heteroatoms. The molecule has 0 unspecified atom stereocenters. The first-order chi connectivity index (χ1) is 8.97. The van der Waals surface area contributed by atoms with Crippen LogP contribution < -0.4 is 0 Å². The van der Waals surface area contributed by atoms with E-state index in [0.29, 0.717) is 5.69 Å². The van der Waals surface area contributed by atoms with Gasteiger partial charge in [-0.1, -0.05) is 29.8 Å². The predicted molar refractivity (Wildman–Crippen MR) is 67.1 cm³/mol. The van der Waals surface area contributed by atoms with Crippen LogP contribution in [-0.2, 0) is 6.18 Å². The van der Waals surface area contributed by atoms with Crippen LogP contribution in [0.4, 0.5) is 24.5 Å². The Labute approximate surface area is 112 Å². The average Bonchev–Trinajstić information content (AvgIpc) is 2.37. The lowest BCUT2D eigenvalue weighted by Gasteiger charge is -2.09. The van der Waals surface area contributed by atoms with Gasteiger partial charge in [0.25, 0.3) is 0 Å². The molecule has 0 aliphatic rings. The molecule has 0 atom stereocenters. The Balaban J connectivity index is 2.38. The molecule has 2 nitrogen and oxygen atoms in total. The molecule has 0 aliphatic carbocycles. The van der Waals surface area contributed by atoms with Crippen molar-refractivity contribution in [3.63, 3.8) is 0 Å². The summed E-state index contributed by atoms with van der Waals surface area (Å²) < 4.78 is 38.4. The first-order valence-electron chi connectivity index (χ1n) is 5.30. The number of hydrogen-bond donors (Lipinski definition) is 0. The van der Waals surface area contributed by atoms with E-state index in [4.69, 9.17) is 11.6 Å². The summed E-state index contributed by atoms with van der Waals surface area (Å²) in [5, 5.41) is 7.40. The number of rotatable bonds is 2. The van der Waals surface area contributed by atoms with E-state index >= 15 is 0 Å². The summed E-state index contributed by atoms with van der Waals surface area (Å²) in [5.74, 6) is 0. The number of halogens is 4. The van der Waals surface area contributed by atoms with Crippen molar-refractivity contribution in [2.45, 2.75) is 6.18 Å². The van der Waals surface area contributed by atoms with E-state index in [1.54, 1.807) is 30.3 Å². The Morgan fingerprint density at radius 1 is 0.895 bits per heavy atom. The molecule has 2 aromatic carbocycles. The topological polar surface area (TPSA) is 24.7 Å². The van der Waals surface area contributed by atoms with Gasteiger partial charge in [-0.2, -0.15) is 18.3 Å². The third-order valence-electron chi connectivity index (χ3n) is 2.29. The average molecular weight is 285 g/mol. The molecule has 0 spiro atoms. The quantitative estimate of drug-likeness (QED) is 0.625. The summed E-state index contributed by atoms with van der Waals surface area (Å²) >= 11 is 5.57. The molecule has 19 heavy (non-hydrogen) atoms. The minimum atomic E-state index is -4.52. The first kappa shape index (κ1) is 13.5. The summed E-state index contributed by atoms with van der Waals surface area (Å²) in [7, 11) is 0. The Morgan fingerprint density at radius 3 is 2.21 bits per heavy atom. The Hall–Kier alpha value is -1.88. The number of benzene rings is 2. The van der Waals surface area contributed by atoms with Crippen molar-refractivity contribution in [1.29, 1.82) is 0 Å². The van der Waals surface area contributed by atoms with Crippen LogP contribution in [-0.4, -0.2) is 0 Å². The van der Waals surface area contributed by atoms with Crippen LogP contribution in [0.1, 0.15) is 5.56 Å². The Morgan fingerprint density at radius 2 is 1.58 bits per heavy atom. The molecule has 0 radical (unpaired) electrons. The van der Waals surface area contributed by atoms with Crippen LogP contribution >= 0.6 is 11.6 Å². The highest BCUT2D eigenvalue weighted by Crippen LogP contribution is 2.38.